The van der Waals surface area contributed by atoms with E-state index in [9.17, 15) is 0 Å². The predicted octanol–water partition coefficient (Wildman–Crippen LogP) is 4.63. The number of fused-ring (bicyclic) bond motifs is 1. The Morgan fingerprint density at radius 3 is 2.75 bits per heavy atom. The Morgan fingerprint density at radius 1 is 1.05 bits per heavy atom. The summed E-state index contributed by atoms with van der Waals surface area (Å²) < 4.78 is 1.06. The first kappa shape index (κ1) is 12.9. The monoisotopic (exact) mass is 327 g/mol. The number of hydrogen-bond acceptors (Lipinski definition) is 3. The molecule has 0 spiro atoms. The lowest BCUT2D eigenvalue weighted by atomic mass is 10.1. The van der Waals surface area contributed by atoms with E-state index in [2.05, 4.69) is 39.2 Å². The normalized spacial score (nSPS) is 10.7. The van der Waals surface area contributed by atoms with Crippen LogP contribution in [0.5, 0.6) is 0 Å². The number of pyridine rings is 1. The van der Waals surface area contributed by atoms with Crippen LogP contribution in [0.25, 0.3) is 10.9 Å². The minimum atomic E-state index is 0.689. The van der Waals surface area contributed by atoms with E-state index in [0.29, 0.717) is 5.69 Å². The molecule has 1 aromatic heterocycles. The highest BCUT2D eigenvalue weighted by atomic mass is 79.9. The molecule has 0 radical (unpaired) electrons. The summed E-state index contributed by atoms with van der Waals surface area (Å²) in [6.45, 7) is 2.07. The quantitative estimate of drug-likeness (QED) is 0.674. The second-order valence-corrected chi connectivity index (χ2v) is 5.46. The van der Waals surface area contributed by atoms with Crippen LogP contribution in [0.1, 0.15) is 5.56 Å². The van der Waals surface area contributed by atoms with Crippen molar-refractivity contribution in [2.45, 2.75) is 6.92 Å². The number of rotatable bonds is 2. The Kier molecular flexibility index (Phi) is 3.32. The minimum Gasteiger partial charge on any atom is -0.397 e. The number of anilines is 3. The van der Waals surface area contributed by atoms with Crippen LogP contribution in [0.15, 0.2) is 53.1 Å². The highest BCUT2D eigenvalue weighted by Gasteiger charge is 2.07. The topological polar surface area (TPSA) is 50.9 Å². The lowest BCUT2D eigenvalue weighted by Crippen LogP contribution is -1.96. The summed E-state index contributed by atoms with van der Waals surface area (Å²) in [5.41, 5.74) is 10.7. The highest BCUT2D eigenvalue weighted by molar-refractivity contribution is 9.10. The first-order chi connectivity index (χ1) is 9.66. The highest BCUT2D eigenvalue weighted by Crippen LogP contribution is 2.33. The summed E-state index contributed by atoms with van der Waals surface area (Å²) in [7, 11) is 0. The molecule has 0 unspecified atom stereocenters. The number of hydrogen-bond donors (Lipinski definition) is 2. The predicted molar refractivity (Wildman–Crippen MR) is 88.3 cm³/mol. The van der Waals surface area contributed by atoms with E-state index in [1.807, 2.05) is 36.4 Å². The Labute approximate surface area is 126 Å². The molecule has 0 saturated heterocycles. The van der Waals surface area contributed by atoms with E-state index in [1.165, 1.54) is 5.56 Å². The standard InChI is InChI=1S/C16H14BrN3/c1-10-4-2-6-14(15(10)17)20-13-8-7-12(18)16-11(13)5-3-9-19-16/h2-9,20H,18H2,1H3. The van der Waals surface area contributed by atoms with Crippen LogP contribution in [0, 0.1) is 6.92 Å². The van der Waals surface area contributed by atoms with Gasteiger partial charge in [-0.1, -0.05) is 12.1 Å². The number of aromatic nitrogens is 1. The van der Waals surface area contributed by atoms with E-state index in [1.54, 1.807) is 6.20 Å². The lowest BCUT2D eigenvalue weighted by molar-refractivity contribution is 1.40. The molecule has 3 N–H and O–H groups in total. The molecule has 3 aromatic rings. The third-order valence-electron chi connectivity index (χ3n) is 3.26. The fourth-order valence-corrected chi connectivity index (χ4v) is 2.56. The molecule has 0 fully saturated rings. The first-order valence-corrected chi connectivity index (χ1v) is 7.11. The van der Waals surface area contributed by atoms with Crippen molar-refractivity contribution in [3.05, 3.63) is 58.7 Å². The van der Waals surface area contributed by atoms with E-state index < -0.39 is 0 Å². The van der Waals surface area contributed by atoms with Crippen LogP contribution < -0.4 is 11.1 Å². The maximum absolute atomic E-state index is 5.97. The van der Waals surface area contributed by atoms with Crippen LogP contribution >= 0.6 is 15.9 Å². The molecule has 4 heteroatoms. The molecule has 0 aliphatic carbocycles. The molecule has 0 aliphatic heterocycles. The van der Waals surface area contributed by atoms with Gasteiger partial charge in [0.05, 0.1) is 16.9 Å². The van der Waals surface area contributed by atoms with Gasteiger partial charge in [-0.2, -0.15) is 0 Å². The number of nitrogen functional groups attached to an aromatic ring is 1. The van der Waals surface area contributed by atoms with E-state index in [-0.39, 0.29) is 0 Å². The molecule has 0 saturated carbocycles. The molecule has 100 valence electrons. The van der Waals surface area contributed by atoms with Crippen LogP contribution in [0.3, 0.4) is 0 Å². The van der Waals surface area contributed by atoms with Gasteiger partial charge in [0.15, 0.2) is 0 Å². The van der Waals surface area contributed by atoms with Crippen LogP contribution in [-0.4, -0.2) is 4.98 Å². The molecule has 3 rings (SSSR count). The zero-order valence-electron chi connectivity index (χ0n) is 11.0. The third kappa shape index (κ3) is 2.23. The maximum Gasteiger partial charge on any atom is 0.0951 e. The lowest BCUT2D eigenvalue weighted by Gasteiger charge is -2.13. The second kappa shape index (κ2) is 5.13. The van der Waals surface area contributed by atoms with E-state index >= 15 is 0 Å². The maximum atomic E-state index is 5.97. The Morgan fingerprint density at radius 2 is 1.90 bits per heavy atom. The van der Waals surface area contributed by atoms with Gasteiger partial charge in [0.1, 0.15) is 0 Å². The van der Waals surface area contributed by atoms with Crippen molar-refractivity contribution in [3.63, 3.8) is 0 Å². The molecule has 2 aromatic carbocycles. The molecular formula is C16H14BrN3. The first-order valence-electron chi connectivity index (χ1n) is 6.32. The van der Waals surface area contributed by atoms with Gasteiger partial charge in [-0.25, -0.2) is 0 Å². The number of aryl methyl sites for hydroxylation is 1. The van der Waals surface area contributed by atoms with Crippen LogP contribution in [0.2, 0.25) is 0 Å². The van der Waals surface area contributed by atoms with Crippen LogP contribution in [0.4, 0.5) is 17.1 Å². The Balaban J connectivity index is 2.12. The van der Waals surface area contributed by atoms with E-state index in [0.717, 1.165) is 26.8 Å². The Hall–Kier alpha value is -2.07. The third-order valence-corrected chi connectivity index (χ3v) is 4.31. The summed E-state index contributed by atoms with van der Waals surface area (Å²) in [5, 5.41) is 4.46. The van der Waals surface area contributed by atoms with Gasteiger partial charge in [-0.05, 0) is 58.7 Å². The summed E-state index contributed by atoms with van der Waals surface area (Å²) in [5.74, 6) is 0. The molecule has 0 aliphatic rings. The average Bonchev–Trinajstić information content (AvgIpc) is 2.47. The molecule has 3 nitrogen and oxygen atoms in total. The number of nitrogens with one attached hydrogen (secondary N) is 1. The van der Waals surface area contributed by atoms with Crippen molar-refractivity contribution in [3.8, 4) is 0 Å². The van der Waals surface area contributed by atoms with Crippen molar-refractivity contribution < 1.29 is 0 Å². The summed E-state index contributed by atoms with van der Waals surface area (Å²) in [6.07, 6.45) is 1.76. The second-order valence-electron chi connectivity index (χ2n) is 4.66. The molecule has 0 amide bonds. The zero-order chi connectivity index (χ0) is 14.1. The molecule has 1 heterocycles. The smallest absolute Gasteiger partial charge is 0.0951 e. The fourth-order valence-electron chi connectivity index (χ4n) is 2.19. The number of nitrogens with zero attached hydrogens (tertiary/aromatic N) is 1. The van der Waals surface area contributed by atoms with Crippen molar-refractivity contribution in [2.24, 2.45) is 0 Å². The Bertz CT molecular complexity index is 784. The van der Waals surface area contributed by atoms with Gasteiger partial charge in [-0.15, -0.1) is 0 Å². The van der Waals surface area contributed by atoms with Crippen molar-refractivity contribution >= 4 is 43.9 Å². The molecule has 0 atom stereocenters. The SMILES string of the molecule is Cc1cccc(Nc2ccc(N)c3ncccc23)c1Br. The molecule has 0 bridgehead atoms. The fraction of sp³-hybridized carbons (Fsp3) is 0.0625. The van der Waals surface area contributed by atoms with Crippen LogP contribution in [-0.2, 0) is 0 Å². The summed E-state index contributed by atoms with van der Waals surface area (Å²) in [4.78, 5) is 4.35. The number of nitrogens with two attached hydrogens (primary N) is 1. The minimum absolute atomic E-state index is 0.689. The van der Waals surface area contributed by atoms with Gasteiger partial charge < -0.3 is 11.1 Å². The summed E-state index contributed by atoms with van der Waals surface area (Å²) >= 11 is 3.61. The van der Waals surface area contributed by atoms with Gasteiger partial charge in [0, 0.05) is 21.7 Å². The van der Waals surface area contributed by atoms with Gasteiger partial charge in [-0.3, -0.25) is 4.98 Å². The van der Waals surface area contributed by atoms with Gasteiger partial charge in [0.2, 0.25) is 0 Å². The van der Waals surface area contributed by atoms with Crippen molar-refractivity contribution in [1.82, 2.24) is 4.98 Å². The van der Waals surface area contributed by atoms with E-state index in [4.69, 9.17) is 5.73 Å². The summed E-state index contributed by atoms with van der Waals surface area (Å²) in [6, 6.07) is 13.9. The largest absolute Gasteiger partial charge is 0.397 e. The van der Waals surface area contributed by atoms with Crippen molar-refractivity contribution in [1.29, 1.82) is 0 Å². The zero-order valence-corrected chi connectivity index (χ0v) is 12.6. The van der Waals surface area contributed by atoms with Gasteiger partial charge >= 0.3 is 0 Å². The average molecular weight is 328 g/mol. The number of benzene rings is 2. The number of halogens is 1. The van der Waals surface area contributed by atoms with Crippen molar-refractivity contribution in [2.75, 3.05) is 11.1 Å². The van der Waals surface area contributed by atoms with Gasteiger partial charge in [0.25, 0.3) is 0 Å². The molecule has 20 heavy (non-hydrogen) atoms. The molecular weight excluding hydrogens is 314 g/mol.